The molecule has 7 nitrogen and oxygen atoms in total. The number of anilines is 1. The van der Waals surface area contributed by atoms with Gasteiger partial charge < -0.3 is 14.5 Å². The zero-order valence-electron chi connectivity index (χ0n) is 14.8. The maximum atomic E-state index is 13.1. The standard InChI is InChI=1S/C18H21N3O4S/c1-13-5-10-26-17(13)12-19(2)18(22)15-11-14(21(23)24)3-4-16(15)20-6-8-25-9-7-20/h3-5,10-11H,6-9,12H2,1-2H3. The number of carbonyl (C=O) groups is 1. The second kappa shape index (κ2) is 7.84. The van der Waals surface area contributed by atoms with Crippen LogP contribution < -0.4 is 4.90 Å². The molecule has 0 aliphatic carbocycles. The van der Waals surface area contributed by atoms with Gasteiger partial charge in [0.25, 0.3) is 11.6 Å². The summed E-state index contributed by atoms with van der Waals surface area (Å²) in [7, 11) is 1.73. The third-order valence-electron chi connectivity index (χ3n) is 4.47. The molecule has 0 radical (unpaired) electrons. The number of aryl methyl sites for hydroxylation is 1. The van der Waals surface area contributed by atoms with Crippen LogP contribution in [0.15, 0.2) is 29.6 Å². The van der Waals surface area contributed by atoms with Gasteiger partial charge >= 0.3 is 0 Å². The largest absolute Gasteiger partial charge is 0.378 e. The Morgan fingerprint density at radius 1 is 1.35 bits per heavy atom. The van der Waals surface area contributed by atoms with Gasteiger partial charge in [-0.3, -0.25) is 14.9 Å². The van der Waals surface area contributed by atoms with Crippen LogP contribution in [0.25, 0.3) is 0 Å². The second-order valence-corrected chi connectivity index (χ2v) is 7.25. The van der Waals surface area contributed by atoms with Crippen molar-refractivity contribution in [2.45, 2.75) is 13.5 Å². The summed E-state index contributed by atoms with van der Waals surface area (Å²) in [5.41, 5.74) is 2.14. The Hall–Kier alpha value is -2.45. The number of thiophene rings is 1. The fourth-order valence-electron chi connectivity index (χ4n) is 2.95. The molecule has 0 atom stereocenters. The Kier molecular flexibility index (Phi) is 5.53. The zero-order chi connectivity index (χ0) is 18.7. The number of nitrogens with zero attached hydrogens (tertiary/aromatic N) is 3. The van der Waals surface area contributed by atoms with Crippen molar-refractivity contribution in [1.82, 2.24) is 4.90 Å². The summed E-state index contributed by atoms with van der Waals surface area (Å²) in [5.74, 6) is -0.219. The summed E-state index contributed by atoms with van der Waals surface area (Å²) in [6.45, 7) is 4.96. The Labute approximate surface area is 155 Å². The van der Waals surface area contributed by atoms with Gasteiger partial charge in [0.05, 0.1) is 35.9 Å². The molecule has 0 unspecified atom stereocenters. The average molecular weight is 375 g/mol. The third kappa shape index (κ3) is 3.86. The number of rotatable bonds is 5. The van der Waals surface area contributed by atoms with E-state index in [1.165, 1.54) is 12.1 Å². The van der Waals surface area contributed by atoms with Gasteiger partial charge in [-0.25, -0.2) is 0 Å². The number of non-ortho nitro benzene ring substituents is 1. The van der Waals surface area contributed by atoms with E-state index in [-0.39, 0.29) is 11.6 Å². The molecule has 3 rings (SSSR count). The van der Waals surface area contributed by atoms with Crippen molar-refractivity contribution in [3.63, 3.8) is 0 Å². The van der Waals surface area contributed by atoms with Gasteiger partial charge in [-0.15, -0.1) is 11.3 Å². The monoisotopic (exact) mass is 375 g/mol. The summed E-state index contributed by atoms with van der Waals surface area (Å²) in [6, 6.07) is 6.52. The van der Waals surface area contributed by atoms with E-state index >= 15 is 0 Å². The lowest BCUT2D eigenvalue weighted by Gasteiger charge is -2.31. The van der Waals surface area contributed by atoms with Gasteiger partial charge in [-0.1, -0.05) is 0 Å². The third-order valence-corrected chi connectivity index (χ3v) is 5.48. The van der Waals surface area contributed by atoms with Crippen LogP contribution in [0.5, 0.6) is 0 Å². The van der Waals surface area contributed by atoms with Gasteiger partial charge in [-0.2, -0.15) is 0 Å². The van der Waals surface area contributed by atoms with Crippen LogP contribution in [0.3, 0.4) is 0 Å². The molecule has 2 aromatic rings. The fourth-order valence-corrected chi connectivity index (χ4v) is 3.91. The first-order chi connectivity index (χ1) is 12.5. The molecule has 1 saturated heterocycles. The maximum Gasteiger partial charge on any atom is 0.270 e. The van der Waals surface area contributed by atoms with Crippen molar-refractivity contribution in [2.24, 2.45) is 0 Å². The first kappa shape index (κ1) is 18.3. The molecule has 2 heterocycles. The minimum Gasteiger partial charge on any atom is -0.378 e. The van der Waals surface area contributed by atoms with E-state index in [1.54, 1.807) is 29.4 Å². The summed E-state index contributed by atoms with van der Waals surface area (Å²) >= 11 is 1.60. The molecule has 0 saturated carbocycles. The highest BCUT2D eigenvalue weighted by Gasteiger charge is 2.24. The smallest absolute Gasteiger partial charge is 0.270 e. The maximum absolute atomic E-state index is 13.1. The van der Waals surface area contributed by atoms with Crippen LogP contribution in [-0.2, 0) is 11.3 Å². The van der Waals surface area contributed by atoms with Crippen LogP contribution in [0, 0.1) is 17.0 Å². The topological polar surface area (TPSA) is 75.9 Å². The van der Waals surface area contributed by atoms with Crippen molar-refractivity contribution < 1.29 is 14.5 Å². The minimum absolute atomic E-state index is 0.0777. The van der Waals surface area contributed by atoms with E-state index < -0.39 is 4.92 Å². The van der Waals surface area contributed by atoms with E-state index in [2.05, 4.69) is 0 Å². The molecule has 0 bridgehead atoms. The van der Waals surface area contributed by atoms with Gasteiger partial charge in [0.1, 0.15) is 0 Å². The summed E-state index contributed by atoms with van der Waals surface area (Å²) < 4.78 is 5.37. The number of morpholine rings is 1. The van der Waals surface area contributed by atoms with Gasteiger partial charge in [-0.05, 0) is 30.0 Å². The van der Waals surface area contributed by atoms with Gasteiger partial charge in [0.15, 0.2) is 0 Å². The van der Waals surface area contributed by atoms with Crippen LogP contribution in [-0.4, -0.2) is 49.1 Å². The van der Waals surface area contributed by atoms with Crippen molar-refractivity contribution in [3.05, 3.63) is 55.8 Å². The highest BCUT2D eigenvalue weighted by molar-refractivity contribution is 7.10. The van der Waals surface area contributed by atoms with E-state index in [0.717, 1.165) is 16.1 Å². The molecular formula is C18H21N3O4S. The Morgan fingerprint density at radius 3 is 2.69 bits per heavy atom. The number of nitro benzene ring substituents is 1. The lowest BCUT2D eigenvalue weighted by Crippen LogP contribution is -2.38. The summed E-state index contributed by atoms with van der Waals surface area (Å²) in [5, 5.41) is 13.2. The predicted octanol–water partition coefficient (Wildman–Crippen LogP) is 3.07. The molecule has 138 valence electrons. The van der Waals surface area contributed by atoms with Crippen molar-refractivity contribution in [3.8, 4) is 0 Å². The van der Waals surface area contributed by atoms with Crippen molar-refractivity contribution >= 4 is 28.6 Å². The number of hydrogen-bond donors (Lipinski definition) is 0. The van der Waals surface area contributed by atoms with Crippen LogP contribution in [0.1, 0.15) is 20.8 Å². The Bertz CT molecular complexity index is 815. The highest BCUT2D eigenvalue weighted by Crippen LogP contribution is 2.28. The number of nitro groups is 1. The molecule has 26 heavy (non-hydrogen) atoms. The number of benzene rings is 1. The molecule has 0 N–H and O–H groups in total. The van der Waals surface area contributed by atoms with E-state index in [0.29, 0.717) is 38.4 Å². The molecule has 1 amide bonds. The van der Waals surface area contributed by atoms with E-state index in [1.807, 2.05) is 23.3 Å². The summed E-state index contributed by atoms with van der Waals surface area (Å²) in [6.07, 6.45) is 0. The van der Waals surface area contributed by atoms with E-state index in [9.17, 15) is 14.9 Å². The van der Waals surface area contributed by atoms with Crippen LogP contribution in [0.4, 0.5) is 11.4 Å². The lowest BCUT2D eigenvalue weighted by atomic mass is 10.1. The molecule has 1 aliphatic heterocycles. The first-order valence-electron chi connectivity index (χ1n) is 8.37. The fraction of sp³-hybridized carbons (Fsp3) is 0.389. The van der Waals surface area contributed by atoms with Crippen LogP contribution >= 0.6 is 11.3 Å². The highest BCUT2D eigenvalue weighted by atomic mass is 32.1. The molecule has 1 fully saturated rings. The molecular weight excluding hydrogens is 354 g/mol. The van der Waals surface area contributed by atoms with E-state index in [4.69, 9.17) is 4.74 Å². The first-order valence-corrected chi connectivity index (χ1v) is 9.25. The number of amides is 1. The number of ether oxygens (including phenoxy) is 1. The zero-order valence-corrected chi connectivity index (χ0v) is 15.6. The average Bonchev–Trinajstić information content (AvgIpc) is 3.05. The summed E-state index contributed by atoms with van der Waals surface area (Å²) in [4.78, 5) is 28.6. The molecule has 1 aromatic heterocycles. The van der Waals surface area contributed by atoms with Gasteiger partial charge in [0, 0.05) is 37.1 Å². The number of carbonyl (C=O) groups excluding carboxylic acids is 1. The Morgan fingerprint density at radius 2 is 2.08 bits per heavy atom. The van der Waals surface area contributed by atoms with Crippen molar-refractivity contribution in [2.75, 3.05) is 38.3 Å². The Balaban J connectivity index is 1.91. The lowest BCUT2D eigenvalue weighted by molar-refractivity contribution is -0.384. The normalized spacial score (nSPS) is 14.3. The molecule has 8 heteroatoms. The van der Waals surface area contributed by atoms with Gasteiger partial charge in [0.2, 0.25) is 0 Å². The SMILES string of the molecule is Cc1ccsc1CN(C)C(=O)c1cc([N+](=O)[O-])ccc1N1CCOCC1. The molecule has 0 spiro atoms. The van der Waals surface area contributed by atoms with Crippen LogP contribution in [0.2, 0.25) is 0 Å². The second-order valence-electron chi connectivity index (χ2n) is 6.25. The minimum atomic E-state index is -0.469. The molecule has 1 aromatic carbocycles. The van der Waals surface area contributed by atoms with Crippen molar-refractivity contribution in [1.29, 1.82) is 0 Å². The quantitative estimate of drug-likeness (QED) is 0.593. The predicted molar refractivity (Wildman–Crippen MR) is 101 cm³/mol. The number of hydrogen-bond acceptors (Lipinski definition) is 6. The molecule has 1 aliphatic rings.